The molecule has 0 aliphatic rings. The Bertz CT molecular complexity index is 855. The first kappa shape index (κ1) is 21.4. The van der Waals surface area contributed by atoms with E-state index in [0.29, 0.717) is 23.8 Å². The van der Waals surface area contributed by atoms with Crippen LogP contribution in [0.15, 0.2) is 36.4 Å². The summed E-state index contributed by atoms with van der Waals surface area (Å²) in [5.41, 5.74) is 1.00. The van der Waals surface area contributed by atoms with Gasteiger partial charge in [-0.1, -0.05) is 29.8 Å². The quantitative estimate of drug-likeness (QED) is 0.626. The maximum Gasteiger partial charge on any atom is 0.338 e. The van der Waals surface area contributed by atoms with E-state index in [0.717, 1.165) is 5.56 Å². The molecule has 0 atom stereocenters. The number of ether oxygens (including phenoxy) is 4. The molecular formula is C20H22ClNO6. The Hall–Kier alpha value is -2.93. The number of para-hydroxylation sites is 1. The minimum absolute atomic E-state index is 0.155. The number of halogens is 1. The van der Waals surface area contributed by atoms with Crippen molar-refractivity contribution in [2.45, 2.75) is 6.54 Å². The Morgan fingerprint density at radius 1 is 1.00 bits per heavy atom. The van der Waals surface area contributed by atoms with Gasteiger partial charge in [0, 0.05) is 19.2 Å². The number of hydrogen-bond acceptors (Lipinski definition) is 6. The molecular weight excluding hydrogens is 386 g/mol. The monoisotopic (exact) mass is 407 g/mol. The summed E-state index contributed by atoms with van der Waals surface area (Å²) in [5.74, 6) is 0.238. The summed E-state index contributed by atoms with van der Waals surface area (Å²) < 4.78 is 20.7. The average Bonchev–Trinajstić information content (AvgIpc) is 2.71. The summed E-state index contributed by atoms with van der Waals surface area (Å²) in [4.78, 5) is 26.0. The van der Waals surface area contributed by atoms with Gasteiger partial charge < -0.3 is 23.8 Å². The lowest BCUT2D eigenvalue weighted by molar-refractivity contribution is -0.133. The second-order valence-electron chi connectivity index (χ2n) is 5.83. The van der Waals surface area contributed by atoms with Gasteiger partial charge in [0.2, 0.25) is 0 Å². The van der Waals surface area contributed by atoms with Crippen LogP contribution in [0.4, 0.5) is 0 Å². The zero-order chi connectivity index (χ0) is 20.7. The normalized spacial score (nSPS) is 10.2. The fourth-order valence-electron chi connectivity index (χ4n) is 2.53. The van der Waals surface area contributed by atoms with Gasteiger partial charge in [0.15, 0.2) is 18.1 Å². The molecule has 8 heteroatoms. The number of likely N-dealkylation sites (N-methyl/N-ethyl adjacent to an activating group) is 1. The summed E-state index contributed by atoms with van der Waals surface area (Å²) in [6, 6.07) is 10.2. The minimum atomic E-state index is -0.693. The molecule has 0 saturated heterocycles. The smallest absolute Gasteiger partial charge is 0.338 e. The molecule has 0 radical (unpaired) electrons. The molecule has 7 nitrogen and oxygen atoms in total. The lowest BCUT2D eigenvalue weighted by Crippen LogP contribution is -2.31. The van der Waals surface area contributed by atoms with Crippen LogP contribution < -0.4 is 14.2 Å². The number of rotatable bonds is 8. The van der Waals surface area contributed by atoms with Crippen LogP contribution in [0.2, 0.25) is 5.02 Å². The van der Waals surface area contributed by atoms with Crippen molar-refractivity contribution in [3.05, 3.63) is 52.5 Å². The summed E-state index contributed by atoms with van der Waals surface area (Å²) >= 11 is 6.09. The van der Waals surface area contributed by atoms with Crippen molar-refractivity contribution >= 4 is 23.5 Å². The number of esters is 1. The zero-order valence-corrected chi connectivity index (χ0v) is 16.9. The Morgan fingerprint density at radius 2 is 1.68 bits per heavy atom. The van der Waals surface area contributed by atoms with Gasteiger partial charge in [0.05, 0.1) is 31.9 Å². The molecule has 0 bridgehead atoms. The van der Waals surface area contributed by atoms with E-state index in [9.17, 15) is 9.59 Å². The molecule has 0 aromatic heterocycles. The highest BCUT2D eigenvalue weighted by Gasteiger charge is 2.18. The molecule has 28 heavy (non-hydrogen) atoms. The highest BCUT2D eigenvalue weighted by Crippen LogP contribution is 2.36. The standard InChI is InChI=1S/C20H22ClNO6/c1-22(11-13-7-5-6-8-16(13)25-2)18(23)12-28-20(24)14-9-15(21)19(27-4)17(10-14)26-3/h5-10H,11-12H2,1-4H3. The fraction of sp³-hybridized carbons (Fsp3) is 0.300. The Labute approximate surface area is 168 Å². The van der Waals surface area contributed by atoms with E-state index >= 15 is 0 Å². The van der Waals surface area contributed by atoms with Gasteiger partial charge in [-0.2, -0.15) is 0 Å². The Morgan fingerprint density at radius 3 is 2.32 bits per heavy atom. The first-order chi connectivity index (χ1) is 13.4. The molecule has 0 aliphatic heterocycles. The Kier molecular flexibility index (Phi) is 7.52. The molecule has 0 N–H and O–H groups in total. The molecule has 2 aromatic rings. The predicted molar refractivity (Wildman–Crippen MR) is 104 cm³/mol. The Balaban J connectivity index is 2.00. The van der Waals surface area contributed by atoms with Crippen molar-refractivity contribution in [3.8, 4) is 17.2 Å². The number of carbonyl (C=O) groups is 2. The topological polar surface area (TPSA) is 74.3 Å². The van der Waals surface area contributed by atoms with Crippen LogP contribution in [0.3, 0.4) is 0 Å². The number of nitrogens with zero attached hydrogens (tertiary/aromatic N) is 1. The lowest BCUT2D eigenvalue weighted by atomic mass is 10.2. The second-order valence-corrected chi connectivity index (χ2v) is 6.24. The van der Waals surface area contributed by atoms with E-state index in [4.69, 9.17) is 30.5 Å². The SMILES string of the molecule is COc1ccccc1CN(C)C(=O)COC(=O)c1cc(Cl)c(OC)c(OC)c1. The third-order valence-corrected chi connectivity index (χ3v) is 4.30. The van der Waals surface area contributed by atoms with E-state index < -0.39 is 12.6 Å². The highest BCUT2D eigenvalue weighted by atomic mass is 35.5. The highest BCUT2D eigenvalue weighted by molar-refractivity contribution is 6.32. The van der Waals surface area contributed by atoms with Crippen LogP contribution >= 0.6 is 11.6 Å². The van der Waals surface area contributed by atoms with Gasteiger partial charge >= 0.3 is 5.97 Å². The maximum atomic E-state index is 12.3. The fourth-order valence-corrected chi connectivity index (χ4v) is 2.82. The third kappa shape index (κ3) is 5.07. The van der Waals surface area contributed by atoms with Crippen LogP contribution in [0, 0.1) is 0 Å². The van der Waals surface area contributed by atoms with Crippen molar-refractivity contribution in [1.29, 1.82) is 0 Å². The lowest BCUT2D eigenvalue weighted by Gasteiger charge is -2.19. The van der Waals surface area contributed by atoms with Crippen LogP contribution in [-0.4, -0.2) is 51.8 Å². The van der Waals surface area contributed by atoms with Gasteiger partial charge in [0.1, 0.15) is 5.75 Å². The largest absolute Gasteiger partial charge is 0.496 e. The van der Waals surface area contributed by atoms with Gasteiger partial charge in [0.25, 0.3) is 5.91 Å². The van der Waals surface area contributed by atoms with Crippen LogP contribution in [-0.2, 0) is 16.1 Å². The van der Waals surface area contributed by atoms with Gasteiger partial charge in [-0.3, -0.25) is 4.79 Å². The van der Waals surface area contributed by atoms with Gasteiger partial charge in [-0.25, -0.2) is 4.79 Å². The molecule has 0 saturated carbocycles. The van der Waals surface area contributed by atoms with E-state index in [2.05, 4.69) is 0 Å². The van der Waals surface area contributed by atoms with Crippen LogP contribution in [0.5, 0.6) is 17.2 Å². The number of hydrogen-bond donors (Lipinski definition) is 0. The summed E-state index contributed by atoms with van der Waals surface area (Å²) in [5, 5.41) is 0.202. The van der Waals surface area contributed by atoms with E-state index in [1.807, 2.05) is 24.3 Å². The number of methoxy groups -OCH3 is 3. The minimum Gasteiger partial charge on any atom is -0.496 e. The first-order valence-electron chi connectivity index (χ1n) is 8.35. The number of amides is 1. The molecule has 0 heterocycles. The number of benzene rings is 2. The van der Waals surface area contributed by atoms with Crippen molar-refractivity contribution in [1.82, 2.24) is 4.90 Å². The molecule has 1 amide bonds. The second kappa shape index (κ2) is 9.85. The van der Waals surface area contributed by atoms with Gasteiger partial charge in [-0.15, -0.1) is 0 Å². The molecule has 0 unspecified atom stereocenters. The predicted octanol–water partition coefficient (Wildman–Crippen LogP) is 3.18. The van der Waals surface area contributed by atoms with E-state index in [1.54, 1.807) is 14.2 Å². The van der Waals surface area contributed by atoms with Gasteiger partial charge in [-0.05, 0) is 18.2 Å². The van der Waals surface area contributed by atoms with E-state index in [-0.39, 0.29) is 16.5 Å². The summed E-state index contributed by atoms with van der Waals surface area (Å²) in [7, 11) is 6.06. The van der Waals surface area contributed by atoms with Crippen molar-refractivity contribution in [2.75, 3.05) is 35.0 Å². The molecule has 0 fully saturated rings. The molecule has 0 aliphatic carbocycles. The number of carbonyl (C=O) groups excluding carboxylic acids is 2. The van der Waals surface area contributed by atoms with Crippen LogP contribution in [0.25, 0.3) is 0 Å². The first-order valence-corrected chi connectivity index (χ1v) is 8.73. The average molecular weight is 408 g/mol. The molecule has 2 rings (SSSR count). The molecule has 150 valence electrons. The van der Waals surface area contributed by atoms with Crippen molar-refractivity contribution in [2.24, 2.45) is 0 Å². The summed E-state index contributed by atoms with van der Waals surface area (Å²) in [6.45, 7) is -0.0843. The summed E-state index contributed by atoms with van der Waals surface area (Å²) in [6.07, 6.45) is 0. The molecule has 0 spiro atoms. The van der Waals surface area contributed by atoms with Crippen molar-refractivity contribution < 1.29 is 28.5 Å². The van der Waals surface area contributed by atoms with Crippen LogP contribution in [0.1, 0.15) is 15.9 Å². The van der Waals surface area contributed by atoms with E-state index in [1.165, 1.54) is 31.3 Å². The van der Waals surface area contributed by atoms with Crippen molar-refractivity contribution in [3.63, 3.8) is 0 Å². The zero-order valence-electron chi connectivity index (χ0n) is 16.2. The maximum absolute atomic E-state index is 12.3. The molecule has 2 aromatic carbocycles. The third-order valence-electron chi connectivity index (χ3n) is 4.02.